The van der Waals surface area contributed by atoms with Crippen LogP contribution in [-0.4, -0.2) is 80.4 Å². The number of hydrogen-bond donors (Lipinski definition) is 6. The minimum absolute atomic E-state index is 0.0425. The van der Waals surface area contributed by atoms with Gasteiger partial charge in [0.2, 0.25) is 23.8 Å². The summed E-state index contributed by atoms with van der Waals surface area (Å²) < 4.78 is 23.8. The fraction of sp³-hybridized carbons (Fsp3) is 0.357. The van der Waals surface area contributed by atoms with Crippen LogP contribution in [0, 0.1) is 0 Å². The predicted octanol–water partition coefficient (Wildman–Crippen LogP) is -2.61. The van der Waals surface area contributed by atoms with Crippen LogP contribution in [0.1, 0.15) is 0 Å². The van der Waals surface area contributed by atoms with Crippen molar-refractivity contribution in [1.29, 1.82) is 0 Å². The Hall–Kier alpha value is -4.85. The monoisotopic (exact) mass is 483 g/mol. The number of hydrogen-bond acceptors (Lipinski definition) is 20. The molecule has 10 N–H and O–H groups in total. The van der Waals surface area contributed by atoms with Gasteiger partial charge >= 0.3 is 30.1 Å². The number of rotatable bonds is 7. The van der Waals surface area contributed by atoms with Crippen molar-refractivity contribution in [2.24, 2.45) is 11.7 Å². The van der Waals surface area contributed by atoms with Gasteiger partial charge in [-0.1, -0.05) is 0 Å². The molecule has 0 saturated heterocycles. The van der Waals surface area contributed by atoms with Crippen LogP contribution >= 0.6 is 0 Å². The number of ether oxygens (including phenoxy) is 5. The molecule has 0 amide bonds. The van der Waals surface area contributed by atoms with Crippen molar-refractivity contribution >= 4 is 23.8 Å². The zero-order valence-corrected chi connectivity index (χ0v) is 18.9. The summed E-state index contributed by atoms with van der Waals surface area (Å²) in [6.45, 7) is 0. The maximum absolute atomic E-state index is 5.29. The van der Waals surface area contributed by atoms with E-state index in [1.807, 2.05) is 0 Å². The van der Waals surface area contributed by atoms with E-state index in [1.165, 1.54) is 35.5 Å². The predicted molar refractivity (Wildman–Crippen MR) is 117 cm³/mol. The fourth-order valence-corrected chi connectivity index (χ4v) is 1.65. The van der Waals surface area contributed by atoms with Gasteiger partial charge in [-0.3, -0.25) is 10.9 Å². The van der Waals surface area contributed by atoms with Crippen molar-refractivity contribution in [2.75, 3.05) is 57.9 Å². The number of nitrogens with one attached hydrogen (secondary N) is 2. The van der Waals surface area contributed by atoms with Gasteiger partial charge in [0, 0.05) is 0 Å². The van der Waals surface area contributed by atoms with Gasteiger partial charge in [0.25, 0.3) is 0 Å². The number of nitrogens with two attached hydrogens (primary N) is 4. The average Bonchev–Trinajstić information content (AvgIpc) is 2.87. The van der Waals surface area contributed by atoms with Gasteiger partial charge < -0.3 is 35.2 Å². The lowest BCUT2D eigenvalue weighted by molar-refractivity contribution is 0.307. The zero-order chi connectivity index (χ0) is 25.5. The zero-order valence-electron chi connectivity index (χ0n) is 18.9. The Labute approximate surface area is 192 Å². The van der Waals surface area contributed by atoms with E-state index in [4.69, 9.17) is 46.8 Å². The quantitative estimate of drug-likeness (QED) is 0.148. The molecule has 3 heterocycles. The molecule has 0 unspecified atom stereocenters. The molecule has 3 rings (SSSR count). The van der Waals surface area contributed by atoms with E-state index < -0.39 is 0 Å². The summed E-state index contributed by atoms with van der Waals surface area (Å²) in [4.78, 5) is 33.3. The van der Waals surface area contributed by atoms with E-state index in [0.29, 0.717) is 0 Å². The largest absolute Gasteiger partial charge is 0.467 e. The number of aromatic nitrogens is 9. The summed E-state index contributed by atoms with van der Waals surface area (Å²) in [5.41, 5.74) is 15.0. The van der Waals surface area contributed by atoms with Crippen molar-refractivity contribution in [3.05, 3.63) is 0 Å². The van der Waals surface area contributed by atoms with Crippen LogP contribution in [0.5, 0.6) is 30.1 Å². The third kappa shape index (κ3) is 9.11. The highest BCUT2D eigenvalue weighted by Gasteiger charge is 2.06. The van der Waals surface area contributed by atoms with Crippen molar-refractivity contribution in [2.45, 2.75) is 0 Å². The molecular weight excluding hydrogens is 458 g/mol. The second-order valence-corrected chi connectivity index (χ2v) is 5.09. The highest BCUT2D eigenvalue weighted by atomic mass is 16.5. The highest BCUT2D eigenvalue weighted by molar-refractivity contribution is 5.38. The molecule has 20 heteroatoms. The van der Waals surface area contributed by atoms with Gasteiger partial charge in [-0.2, -0.15) is 24.9 Å². The maximum Gasteiger partial charge on any atom is 0.325 e. The van der Waals surface area contributed by atoms with Crippen LogP contribution < -0.4 is 57.7 Å². The van der Waals surface area contributed by atoms with Crippen molar-refractivity contribution in [3.63, 3.8) is 0 Å². The molecule has 0 aliphatic carbocycles. The van der Waals surface area contributed by atoms with Crippen LogP contribution in [0.25, 0.3) is 0 Å². The first-order valence-electron chi connectivity index (χ1n) is 8.74. The summed E-state index contributed by atoms with van der Waals surface area (Å²) in [5.74, 6) is 10.5. The number of nitrogens with zero attached hydrogens (tertiary/aromatic N) is 9. The molecule has 0 aliphatic heterocycles. The molecule has 0 fully saturated rings. The smallest absolute Gasteiger partial charge is 0.325 e. The molecule has 0 saturated carbocycles. The molecule has 186 valence electrons. The molecule has 0 bridgehead atoms. The normalized spacial score (nSPS) is 9.26. The maximum atomic E-state index is 5.29. The summed E-state index contributed by atoms with van der Waals surface area (Å²) in [6.07, 6.45) is 0. The third-order valence-corrected chi connectivity index (χ3v) is 3.01. The topological polar surface area (TPSA) is 290 Å². The van der Waals surface area contributed by atoms with Crippen molar-refractivity contribution < 1.29 is 23.7 Å². The second kappa shape index (κ2) is 14.3. The van der Waals surface area contributed by atoms with Crippen LogP contribution in [0.2, 0.25) is 0 Å². The standard InChI is InChI=1S/C6H9N3O3.C5H8N4O2.C3H8N8/c1-10-4-7-5(11-2)9-6(8-4)12-3;1-10-4-7-3(6)8-5(9-4)11-2;4-1-7-2(10-5)9-3(8-1)11-6/h1-3H3;1-2H3,(H2,6,7,8,9);5-6H2,(H4,4,7,8,9,10,11). The molecule has 3 aromatic rings. The molecule has 0 radical (unpaired) electrons. The first kappa shape index (κ1) is 27.2. The minimum atomic E-state index is 0.0425. The Balaban J connectivity index is 0.000000255. The van der Waals surface area contributed by atoms with Gasteiger partial charge in [-0.15, -0.1) is 19.9 Å². The summed E-state index contributed by atoms with van der Waals surface area (Å²) >= 11 is 0. The molecular formula is C14H25N15O5. The minimum Gasteiger partial charge on any atom is -0.467 e. The van der Waals surface area contributed by atoms with Crippen LogP contribution in [0.4, 0.5) is 23.8 Å². The SMILES string of the molecule is COc1nc(N)nc(OC)n1.COc1nc(OC)nc(OC)n1.NNc1nc(N)nc(NN)n1. The Kier molecular flexibility index (Phi) is 11.4. The lowest BCUT2D eigenvalue weighted by Crippen LogP contribution is -2.17. The van der Waals surface area contributed by atoms with E-state index >= 15 is 0 Å². The summed E-state index contributed by atoms with van der Waals surface area (Å²) in [5, 5.41) is 0. The van der Waals surface area contributed by atoms with Gasteiger partial charge in [0.1, 0.15) is 0 Å². The lowest BCUT2D eigenvalue weighted by Gasteiger charge is -2.02. The summed E-state index contributed by atoms with van der Waals surface area (Å²) in [7, 11) is 7.24. The molecule has 20 nitrogen and oxygen atoms in total. The summed E-state index contributed by atoms with van der Waals surface area (Å²) in [6, 6.07) is 0.791. The number of anilines is 4. The highest BCUT2D eigenvalue weighted by Crippen LogP contribution is 2.12. The fourth-order valence-electron chi connectivity index (χ4n) is 1.65. The van der Waals surface area contributed by atoms with E-state index in [-0.39, 0.29) is 53.8 Å². The molecule has 0 aliphatic rings. The lowest BCUT2D eigenvalue weighted by atomic mass is 10.8. The number of nitrogen functional groups attached to an aromatic ring is 4. The van der Waals surface area contributed by atoms with E-state index in [2.05, 4.69) is 55.7 Å². The number of methoxy groups -OCH3 is 5. The molecule has 34 heavy (non-hydrogen) atoms. The van der Waals surface area contributed by atoms with E-state index in [0.717, 1.165) is 0 Å². The Morgan fingerprint density at radius 2 is 0.706 bits per heavy atom. The first-order chi connectivity index (χ1) is 16.3. The third-order valence-electron chi connectivity index (χ3n) is 3.01. The van der Waals surface area contributed by atoms with Crippen molar-refractivity contribution in [1.82, 2.24) is 44.9 Å². The van der Waals surface area contributed by atoms with E-state index in [1.54, 1.807) is 0 Å². The molecule has 0 spiro atoms. The second-order valence-electron chi connectivity index (χ2n) is 5.09. The van der Waals surface area contributed by atoms with Crippen LogP contribution in [0.15, 0.2) is 0 Å². The van der Waals surface area contributed by atoms with Gasteiger partial charge in [-0.25, -0.2) is 11.7 Å². The molecule has 0 atom stereocenters. The van der Waals surface area contributed by atoms with Crippen LogP contribution in [0.3, 0.4) is 0 Å². The Morgan fingerprint density at radius 3 is 0.971 bits per heavy atom. The Morgan fingerprint density at radius 1 is 0.441 bits per heavy atom. The average molecular weight is 483 g/mol. The van der Waals surface area contributed by atoms with E-state index in [9.17, 15) is 0 Å². The Bertz CT molecular complexity index is 874. The van der Waals surface area contributed by atoms with Gasteiger partial charge in [0.15, 0.2) is 0 Å². The first-order valence-corrected chi connectivity index (χ1v) is 8.74. The van der Waals surface area contributed by atoms with Gasteiger partial charge in [0.05, 0.1) is 35.5 Å². The molecule has 0 aromatic carbocycles. The van der Waals surface area contributed by atoms with Crippen LogP contribution in [-0.2, 0) is 0 Å². The van der Waals surface area contributed by atoms with Gasteiger partial charge in [-0.05, 0) is 0 Å². The number of hydrazine groups is 2. The van der Waals surface area contributed by atoms with Crippen molar-refractivity contribution in [3.8, 4) is 30.1 Å². The molecule has 3 aromatic heterocycles.